The first kappa shape index (κ1) is 23.1. The predicted molar refractivity (Wildman–Crippen MR) is 121 cm³/mol. The number of piperidine rings is 1. The van der Waals surface area contributed by atoms with Crippen LogP contribution < -0.4 is 20.5 Å². The molecule has 0 spiro atoms. The summed E-state index contributed by atoms with van der Waals surface area (Å²) in [7, 11) is 0. The summed E-state index contributed by atoms with van der Waals surface area (Å²) in [6.45, 7) is 2.26. The van der Waals surface area contributed by atoms with Gasteiger partial charge in [-0.1, -0.05) is 0 Å². The Labute approximate surface area is 195 Å². The van der Waals surface area contributed by atoms with Crippen LogP contribution in [-0.2, 0) is 19.1 Å². The lowest BCUT2D eigenvalue weighted by Gasteiger charge is -2.36. The molecule has 4 rings (SSSR count). The summed E-state index contributed by atoms with van der Waals surface area (Å²) >= 11 is 0. The Morgan fingerprint density at radius 2 is 1.68 bits per heavy atom. The summed E-state index contributed by atoms with van der Waals surface area (Å²) in [5, 5.41) is 2.12. The molecule has 2 heterocycles. The second-order valence-corrected chi connectivity index (χ2v) is 7.57. The van der Waals surface area contributed by atoms with Crippen LogP contribution in [0.5, 0.6) is 17.2 Å². The van der Waals surface area contributed by atoms with Crippen LogP contribution in [0.2, 0.25) is 0 Å². The highest BCUT2D eigenvalue weighted by molar-refractivity contribution is 6.27. The number of ether oxygens (including phenoxy) is 3. The molecule has 0 aliphatic carbocycles. The Hall–Kier alpha value is -4.02. The second kappa shape index (κ2) is 9.86. The van der Waals surface area contributed by atoms with Gasteiger partial charge in [0.05, 0.1) is 12.9 Å². The van der Waals surface area contributed by atoms with Crippen LogP contribution in [-0.4, -0.2) is 52.0 Å². The first-order chi connectivity index (χ1) is 16.4. The van der Waals surface area contributed by atoms with Gasteiger partial charge in [0.15, 0.2) is 0 Å². The molecule has 2 atom stereocenters. The van der Waals surface area contributed by atoms with Crippen LogP contribution in [0.4, 0.5) is 0 Å². The maximum atomic E-state index is 12.9. The fraction of sp³-hybridized carbons (Fsp3) is 0.250. The molecule has 2 amide bonds. The fourth-order valence-corrected chi connectivity index (χ4v) is 3.53. The van der Waals surface area contributed by atoms with E-state index in [-0.39, 0.29) is 18.8 Å². The normalized spacial score (nSPS) is 20.2. The minimum atomic E-state index is -1.96. The van der Waals surface area contributed by atoms with Crippen molar-refractivity contribution in [3.05, 3.63) is 67.3 Å². The Morgan fingerprint density at radius 3 is 2.29 bits per heavy atom. The molecule has 3 aromatic rings. The Balaban J connectivity index is 1.48. The number of nitrogens with zero attached hydrogens (tertiary/aromatic N) is 2. The van der Waals surface area contributed by atoms with Crippen molar-refractivity contribution in [2.24, 2.45) is 5.73 Å². The van der Waals surface area contributed by atoms with Crippen molar-refractivity contribution < 1.29 is 28.6 Å². The maximum absolute atomic E-state index is 12.9. The standard InChI is InChI=1S/C24H24N4O6/c1-2-32-14-11-24(21(29)20(25)22(30)27-23(24)31)34-19-9-7-18(8-10-19)33-17-5-3-16(4-6-17)28-13-12-26-15-28/h3-10,12-13,15,20H,2,11,14,25H2,1H3,(H,27,30,31). The lowest BCUT2D eigenvalue weighted by molar-refractivity contribution is -0.159. The van der Waals surface area contributed by atoms with Gasteiger partial charge < -0.3 is 24.5 Å². The fourth-order valence-electron chi connectivity index (χ4n) is 3.53. The van der Waals surface area contributed by atoms with Gasteiger partial charge in [-0.3, -0.25) is 19.7 Å². The van der Waals surface area contributed by atoms with Crippen molar-refractivity contribution in [3.8, 4) is 22.9 Å². The largest absolute Gasteiger partial charge is 0.469 e. The Kier molecular flexibility index (Phi) is 6.71. The molecule has 0 bridgehead atoms. The number of carbonyl (C=O) groups is 3. The molecular formula is C24H24N4O6. The first-order valence-electron chi connectivity index (χ1n) is 10.7. The van der Waals surface area contributed by atoms with E-state index in [1.807, 2.05) is 35.0 Å². The number of nitrogens with two attached hydrogens (primary N) is 1. The van der Waals surface area contributed by atoms with Gasteiger partial charge in [-0.2, -0.15) is 0 Å². The van der Waals surface area contributed by atoms with Crippen LogP contribution in [0.15, 0.2) is 67.3 Å². The number of aromatic nitrogens is 2. The molecule has 1 aliphatic rings. The van der Waals surface area contributed by atoms with E-state index in [1.165, 1.54) is 0 Å². The number of imidazole rings is 1. The molecule has 10 heteroatoms. The number of ketones is 1. The van der Waals surface area contributed by atoms with Crippen LogP contribution in [0.1, 0.15) is 13.3 Å². The number of imide groups is 1. The summed E-state index contributed by atoms with van der Waals surface area (Å²) in [5.41, 5.74) is 4.69. The molecule has 3 N–H and O–H groups in total. The SMILES string of the molecule is CCOCCC1(Oc2ccc(Oc3ccc(-n4ccnc4)cc3)cc2)C(=O)NC(=O)C(N)C1=O. The third-order valence-corrected chi connectivity index (χ3v) is 5.36. The monoisotopic (exact) mass is 464 g/mol. The van der Waals surface area contributed by atoms with Gasteiger partial charge in [0.2, 0.25) is 11.4 Å². The van der Waals surface area contributed by atoms with Crippen molar-refractivity contribution in [1.29, 1.82) is 0 Å². The molecule has 0 saturated carbocycles. The number of benzene rings is 2. The van der Waals surface area contributed by atoms with E-state index in [9.17, 15) is 14.4 Å². The molecule has 1 fully saturated rings. The molecule has 0 radical (unpaired) electrons. The molecule has 1 aliphatic heterocycles. The zero-order chi connectivity index (χ0) is 24.1. The minimum absolute atomic E-state index is 0.0762. The average molecular weight is 464 g/mol. The summed E-state index contributed by atoms with van der Waals surface area (Å²) in [6.07, 6.45) is 5.16. The summed E-state index contributed by atoms with van der Waals surface area (Å²) in [4.78, 5) is 41.4. The number of hydrogen-bond acceptors (Lipinski definition) is 8. The van der Waals surface area contributed by atoms with Gasteiger partial charge in [-0.15, -0.1) is 0 Å². The number of rotatable bonds is 9. The van der Waals surface area contributed by atoms with E-state index in [0.29, 0.717) is 18.1 Å². The van der Waals surface area contributed by atoms with Gasteiger partial charge in [0.25, 0.3) is 11.8 Å². The number of carbonyl (C=O) groups excluding carboxylic acids is 3. The van der Waals surface area contributed by atoms with E-state index in [0.717, 1.165) is 5.69 Å². The highest BCUT2D eigenvalue weighted by atomic mass is 16.5. The minimum Gasteiger partial charge on any atom is -0.469 e. The zero-order valence-corrected chi connectivity index (χ0v) is 18.5. The Morgan fingerprint density at radius 1 is 1.03 bits per heavy atom. The molecule has 1 saturated heterocycles. The lowest BCUT2D eigenvalue weighted by atomic mass is 9.85. The molecular weight excluding hydrogens is 440 g/mol. The van der Waals surface area contributed by atoms with Crippen molar-refractivity contribution in [2.45, 2.75) is 25.0 Å². The third-order valence-electron chi connectivity index (χ3n) is 5.36. The smallest absolute Gasteiger partial charge is 0.278 e. The number of nitrogens with one attached hydrogen (secondary N) is 1. The molecule has 176 valence electrons. The summed E-state index contributed by atoms with van der Waals surface area (Å²) in [5.74, 6) is -1.13. The highest BCUT2D eigenvalue weighted by Crippen LogP contribution is 2.30. The molecule has 2 unspecified atom stereocenters. The predicted octanol–water partition coefficient (Wildman–Crippen LogP) is 1.76. The van der Waals surface area contributed by atoms with E-state index in [1.54, 1.807) is 43.7 Å². The van der Waals surface area contributed by atoms with E-state index >= 15 is 0 Å². The average Bonchev–Trinajstić information content (AvgIpc) is 3.38. The molecule has 34 heavy (non-hydrogen) atoms. The number of amides is 2. The zero-order valence-electron chi connectivity index (χ0n) is 18.5. The van der Waals surface area contributed by atoms with Gasteiger partial charge in [0.1, 0.15) is 23.3 Å². The number of Topliss-reactive ketones (excluding diaryl/α,β-unsaturated/α-hetero) is 1. The van der Waals surface area contributed by atoms with E-state index < -0.39 is 29.2 Å². The van der Waals surface area contributed by atoms with Crippen LogP contribution >= 0.6 is 0 Å². The van der Waals surface area contributed by atoms with Gasteiger partial charge >= 0.3 is 0 Å². The quantitative estimate of drug-likeness (QED) is 0.278. The van der Waals surface area contributed by atoms with Crippen LogP contribution in [0, 0.1) is 0 Å². The van der Waals surface area contributed by atoms with Crippen LogP contribution in [0.3, 0.4) is 0 Å². The van der Waals surface area contributed by atoms with Gasteiger partial charge in [0, 0.05) is 31.1 Å². The summed E-state index contributed by atoms with van der Waals surface area (Å²) < 4.78 is 18.9. The van der Waals surface area contributed by atoms with Crippen molar-refractivity contribution in [2.75, 3.05) is 13.2 Å². The third kappa shape index (κ3) is 4.68. The van der Waals surface area contributed by atoms with E-state index in [2.05, 4.69) is 10.3 Å². The molecule has 10 nitrogen and oxygen atoms in total. The maximum Gasteiger partial charge on any atom is 0.278 e. The number of hydrogen-bond donors (Lipinski definition) is 2. The van der Waals surface area contributed by atoms with E-state index in [4.69, 9.17) is 19.9 Å². The lowest BCUT2D eigenvalue weighted by Crippen LogP contribution is -2.70. The summed E-state index contributed by atoms with van der Waals surface area (Å²) in [6, 6.07) is 12.4. The highest BCUT2D eigenvalue weighted by Gasteiger charge is 2.56. The first-order valence-corrected chi connectivity index (χ1v) is 10.7. The van der Waals surface area contributed by atoms with Crippen molar-refractivity contribution in [3.63, 3.8) is 0 Å². The second-order valence-electron chi connectivity index (χ2n) is 7.57. The van der Waals surface area contributed by atoms with Crippen LogP contribution in [0.25, 0.3) is 5.69 Å². The topological polar surface area (TPSA) is 135 Å². The van der Waals surface area contributed by atoms with Crippen molar-refractivity contribution >= 4 is 17.6 Å². The van der Waals surface area contributed by atoms with Gasteiger partial charge in [-0.05, 0) is 55.5 Å². The van der Waals surface area contributed by atoms with Crippen molar-refractivity contribution in [1.82, 2.24) is 14.9 Å². The van der Waals surface area contributed by atoms with Gasteiger partial charge in [-0.25, -0.2) is 4.98 Å². The molecule has 1 aromatic heterocycles. The molecule has 2 aromatic carbocycles. The Bertz CT molecular complexity index is 1160.